The number of likely N-dealkylation sites (tertiary alicyclic amines) is 1. The lowest BCUT2D eigenvalue weighted by Crippen LogP contribution is -2.72. The molecule has 2 aromatic carbocycles. The van der Waals surface area contributed by atoms with Crippen LogP contribution >= 0.6 is 0 Å². The van der Waals surface area contributed by atoms with Crippen LogP contribution in [-0.4, -0.2) is 71.8 Å². The number of carbonyl (C=O) groups is 1. The lowest BCUT2D eigenvalue weighted by Gasteiger charge is -2.57. The third-order valence-corrected chi connectivity index (χ3v) is 6.69. The highest BCUT2D eigenvalue weighted by atomic mass is 19.1. The van der Waals surface area contributed by atoms with Crippen LogP contribution in [0.4, 0.5) is 4.39 Å². The van der Waals surface area contributed by atoms with E-state index >= 15 is 0 Å². The van der Waals surface area contributed by atoms with Crippen molar-refractivity contribution in [3.05, 3.63) is 53.8 Å². The Morgan fingerprint density at radius 2 is 2.03 bits per heavy atom. The smallest absolute Gasteiger partial charge is 0.254 e. The van der Waals surface area contributed by atoms with E-state index in [1.165, 1.54) is 6.07 Å². The Morgan fingerprint density at radius 3 is 2.71 bits per heavy atom. The summed E-state index contributed by atoms with van der Waals surface area (Å²) < 4.78 is 35.7. The molecule has 1 amide bonds. The monoisotopic (exact) mass is 478 g/mol. The van der Waals surface area contributed by atoms with E-state index < -0.39 is 5.82 Å². The van der Waals surface area contributed by atoms with Gasteiger partial charge in [-0.25, -0.2) is 4.39 Å². The molecule has 0 unspecified atom stereocenters. The predicted octanol–water partition coefficient (Wildman–Crippen LogP) is 3.66. The molecule has 9 nitrogen and oxygen atoms in total. The van der Waals surface area contributed by atoms with Gasteiger partial charge in [-0.05, 0) is 24.6 Å². The van der Waals surface area contributed by atoms with Crippen molar-refractivity contribution in [1.82, 2.24) is 20.3 Å². The normalized spacial score (nSPS) is 16.3. The predicted molar refractivity (Wildman–Crippen MR) is 124 cm³/mol. The number of aromatic nitrogens is 3. The summed E-state index contributed by atoms with van der Waals surface area (Å²) in [6.45, 7) is 2.59. The van der Waals surface area contributed by atoms with Crippen molar-refractivity contribution in [2.75, 3.05) is 40.1 Å². The highest BCUT2D eigenvalue weighted by Gasteiger charge is 2.53. The van der Waals surface area contributed by atoms with Gasteiger partial charge in [-0.15, -0.1) is 0 Å². The van der Waals surface area contributed by atoms with Gasteiger partial charge in [0.2, 0.25) is 0 Å². The highest BCUT2D eigenvalue weighted by Crippen LogP contribution is 2.38. The number of amides is 1. The lowest BCUT2D eigenvalue weighted by molar-refractivity contribution is -0.172. The largest absolute Gasteiger partial charge is 0.488 e. The minimum atomic E-state index is -0.506. The van der Waals surface area contributed by atoms with E-state index in [0.29, 0.717) is 53.4 Å². The van der Waals surface area contributed by atoms with Gasteiger partial charge in [0.15, 0.2) is 17.3 Å². The summed E-state index contributed by atoms with van der Waals surface area (Å²) in [6.07, 6.45) is 0.993. The van der Waals surface area contributed by atoms with Crippen LogP contribution in [0.25, 0.3) is 33.6 Å². The number of aromatic amines is 1. The van der Waals surface area contributed by atoms with Crippen LogP contribution < -0.4 is 4.74 Å². The molecule has 0 atom stereocenters. The van der Waals surface area contributed by atoms with Gasteiger partial charge in [-0.1, -0.05) is 17.3 Å². The van der Waals surface area contributed by atoms with Gasteiger partial charge in [0.05, 0.1) is 30.9 Å². The number of fused-ring (bicyclic) bond motifs is 1. The lowest BCUT2D eigenvalue weighted by atomic mass is 9.82. The van der Waals surface area contributed by atoms with Crippen molar-refractivity contribution in [1.29, 1.82) is 0 Å². The van der Waals surface area contributed by atoms with Crippen molar-refractivity contribution in [2.45, 2.75) is 12.0 Å². The van der Waals surface area contributed by atoms with Crippen LogP contribution in [0.15, 0.2) is 47.0 Å². The maximum atomic E-state index is 14.6. The molecule has 35 heavy (non-hydrogen) atoms. The topological polar surface area (TPSA) is 103 Å². The Morgan fingerprint density at radius 1 is 1.20 bits per heavy atom. The van der Waals surface area contributed by atoms with Crippen molar-refractivity contribution in [3.63, 3.8) is 0 Å². The third kappa shape index (κ3) is 3.65. The molecule has 2 saturated heterocycles. The van der Waals surface area contributed by atoms with Gasteiger partial charge >= 0.3 is 0 Å². The second-order valence-corrected chi connectivity index (χ2v) is 8.82. The molecule has 2 fully saturated rings. The van der Waals surface area contributed by atoms with Crippen molar-refractivity contribution in [3.8, 4) is 28.5 Å². The van der Waals surface area contributed by atoms with E-state index in [2.05, 4.69) is 15.4 Å². The molecule has 4 heterocycles. The molecule has 6 rings (SSSR count). The van der Waals surface area contributed by atoms with E-state index in [1.54, 1.807) is 31.4 Å². The van der Waals surface area contributed by atoms with Gasteiger partial charge in [-0.3, -0.25) is 9.89 Å². The second-order valence-electron chi connectivity index (χ2n) is 8.82. The van der Waals surface area contributed by atoms with Crippen LogP contribution in [0, 0.1) is 5.82 Å². The van der Waals surface area contributed by atoms with Crippen molar-refractivity contribution < 1.29 is 27.9 Å². The first kappa shape index (κ1) is 21.8. The quantitative estimate of drug-likeness (QED) is 0.405. The maximum absolute atomic E-state index is 14.6. The number of halogens is 1. The summed E-state index contributed by atoms with van der Waals surface area (Å²) in [7, 11) is 1.55. The molecule has 0 aliphatic carbocycles. The van der Waals surface area contributed by atoms with Gasteiger partial charge < -0.3 is 23.6 Å². The Bertz CT molecular complexity index is 1390. The Kier molecular flexibility index (Phi) is 5.27. The maximum Gasteiger partial charge on any atom is 0.254 e. The average Bonchev–Trinajstić information content (AvgIpc) is 3.45. The minimum absolute atomic E-state index is 0.0162. The molecule has 2 aliphatic heterocycles. The highest BCUT2D eigenvalue weighted by molar-refractivity contribution is 5.96. The fraction of sp³-hybridized carbons (Fsp3) is 0.320. The summed E-state index contributed by atoms with van der Waals surface area (Å²) in [5, 5.41) is 11.9. The Hall–Kier alpha value is -3.76. The van der Waals surface area contributed by atoms with E-state index in [4.69, 9.17) is 18.7 Å². The third-order valence-electron chi connectivity index (χ3n) is 6.69. The second kappa shape index (κ2) is 8.47. The SMILES string of the molecule is COCCOc1cc2[nH]nc(-c3cc(-c4ccc(C(=O)N5CCC56COC6)cc4)no3)c2cc1F. The van der Waals surface area contributed by atoms with Gasteiger partial charge in [-0.2, -0.15) is 5.10 Å². The zero-order valence-corrected chi connectivity index (χ0v) is 19.0. The van der Waals surface area contributed by atoms with Crippen LogP contribution in [0.5, 0.6) is 5.75 Å². The molecule has 180 valence electrons. The van der Waals surface area contributed by atoms with Crippen molar-refractivity contribution in [2.24, 2.45) is 0 Å². The number of hydrogen-bond donors (Lipinski definition) is 1. The molecule has 1 N–H and O–H groups in total. The molecule has 0 saturated carbocycles. The molecule has 2 aliphatic rings. The number of rotatable bonds is 7. The summed E-state index contributed by atoms with van der Waals surface area (Å²) in [6, 6.07) is 11.9. The molecule has 2 aromatic heterocycles. The van der Waals surface area contributed by atoms with Gasteiger partial charge in [0, 0.05) is 42.3 Å². The number of carbonyl (C=O) groups excluding carboxylic acids is 1. The number of nitrogens with one attached hydrogen (secondary N) is 1. The van der Waals surface area contributed by atoms with Crippen LogP contribution in [0.2, 0.25) is 0 Å². The molecular weight excluding hydrogens is 455 g/mol. The number of hydrogen-bond acceptors (Lipinski definition) is 7. The number of nitrogens with zero attached hydrogens (tertiary/aromatic N) is 3. The number of benzene rings is 2. The number of ether oxygens (including phenoxy) is 3. The first-order valence-corrected chi connectivity index (χ1v) is 11.3. The molecule has 1 spiro atoms. The Labute approximate surface area is 199 Å². The van der Waals surface area contributed by atoms with E-state index in [1.807, 2.05) is 17.0 Å². The van der Waals surface area contributed by atoms with Crippen molar-refractivity contribution >= 4 is 16.8 Å². The van der Waals surface area contributed by atoms with Gasteiger partial charge in [0.25, 0.3) is 5.91 Å². The van der Waals surface area contributed by atoms with Crippen LogP contribution in [-0.2, 0) is 9.47 Å². The average molecular weight is 478 g/mol. The summed E-state index contributed by atoms with van der Waals surface area (Å²) in [5.74, 6) is 0.0224. The van der Waals surface area contributed by atoms with E-state index in [9.17, 15) is 9.18 Å². The number of H-pyrrole nitrogens is 1. The molecule has 10 heteroatoms. The molecular formula is C25H23FN4O5. The first-order chi connectivity index (χ1) is 17.1. The molecule has 0 bridgehead atoms. The van der Waals surface area contributed by atoms with Crippen LogP contribution in [0.1, 0.15) is 16.8 Å². The molecule has 0 radical (unpaired) electrons. The van der Waals surface area contributed by atoms with Crippen LogP contribution in [0.3, 0.4) is 0 Å². The van der Waals surface area contributed by atoms with Gasteiger partial charge in [0.1, 0.15) is 18.0 Å². The first-order valence-electron chi connectivity index (χ1n) is 11.3. The van der Waals surface area contributed by atoms with E-state index in [0.717, 1.165) is 18.5 Å². The zero-order chi connectivity index (χ0) is 24.0. The summed E-state index contributed by atoms with van der Waals surface area (Å²) in [5.41, 5.74) is 2.96. The standard InChI is InChI=1S/C25H23FN4O5/c1-32-8-9-34-21-12-20-17(10-18(21)26)23(28-27-20)22-11-19(29-35-22)15-2-4-16(5-3-15)24(31)30-7-6-25(30)13-33-14-25/h2-5,10-12H,6-9,13-14H2,1H3,(H,27,28). The fourth-order valence-electron chi connectivity index (χ4n) is 4.51. The zero-order valence-electron chi connectivity index (χ0n) is 19.0. The summed E-state index contributed by atoms with van der Waals surface area (Å²) in [4.78, 5) is 14.8. The summed E-state index contributed by atoms with van der Waals surface area (Å²) >= 11 is 0. The minimum Gasteiger partial charge on any atom is -0.488 e. The number of methoxy groups -OCH3 is 1. The Balaban J connectivity index is 1.21. The fourth-order valence-corrected chi connectivity index (χ4v) is 4.51. The molecule has 4 aromatic rings. The van der Waals surface area contributed by atoms with E-state index in [-0.39, 0.29) is 23.8 Å².